The van der Waals surface area contributed by atoms with E-state index in [0.29, 0.717) is 75.9 Å². The van der Waals surface area contributed by atoms with Crippen LogP contribution in [0.4, 0.5) is 16.2 Å². The minimum atomic E-state index is -0.362. The second kappa shape index (κ2) is 10.2. The zero-order valence-electron chi connectivity index (χ0n) is 19.8. The van der Waals surface area contributed by atoms with Crippen LogP contribution in [0.25, 0.3) is 10.9 Å². The highest BCUT2D eigenvalue weighted by Crippen LogP contribution is 2.48. The quantitative estimate of drug-likeness (QED) is 0.299. The van der Waals surface area contributed by atoms with Crippen LogP contribution < -0.4 is 29.6 Å². The predicted octanol–water partition coefficient (Wildman–Crippen LogP) is 6.80. The number of aryl methyl sites for hydroxylation is 1. The first-order valence-corrected chi connectivity index (χ1v) is 11.9. The molecule has 0 aliphatic carbocycles. The van der Waals surface area contributed by atoms with Crippen molar-refractivity contribution < 1.29 is 23.7 Å². The molecule has 0 fully saturated rings. The summed E-state index contributed by atoms with van der Waals surface area (Å²) in [5.41, 5.74) is 2.82. The number of ether oxygens (including phenoxy) is 4. The molecule has 2 N–H and O–H groups in total. The van der Waals surface area contributed by atoms with Gasteiger partial charge in [0.05, 0.1) is 17.5 Å². The van der Waals surface area contributed by atoms with Gasteiger partial charge in [-0.15, -0.1) is 0 Å². The van der Waals surface area contributed by atoms with Gasteiger partial charge in [-0.25, -0.2) is 4.79 Å². The van der Waals surface area contributed by atoms with Crippen molar-refractivity contribution in [2.75, 3.05) is 30.5 Å². The van der Waals surface area contributed by atoms with Gasteiger partial charge < -0.3 is 29.6 Å². The molecule has 0 atom stereocenters. The van der Waals surface area contributed by atoms with E-state index in [4.69, 9.17) is 30.5 Å². The second-order valence-corrected chi connectivity index (χ2v) is 8.44. The van der Waals surface area contributed by atoms with E-state index in [-0.39, 0.29) is 6.03 Å². The van der Waals surface area contributed by atoms with Crippen molar-refractivity contribution in [3.8, 4) is 28.7 Å². The van der Waals surface area contributed by atoms with E-state index in [2.05, 4.69) is 15.6 Å². The molecule has 0 saturated heterocycles. The summed E-state index contributed by atoms with van der Waals surface area (Å²) in [6.45, 7) is 5.14. The van der Waals surface area contributed by atoms with E-state index >= 15 is 0 Å². The number of nitrogens with one attached hydrogen (secondary N) is 2. The lowest BCUT2D eigenvalue weighted by Crippen LogP contribution is -2.19. The van der Waals surface area contributed by atoms with Crippen LogP contribution in [0.1, 0.15) is 12.5 Å². The molecule has 0 radical (unpaired) electrons. The molecule has 5 rings (SSSR count). The van der Waals surface area contributed by atoms with Crippen LogP contribution in [0.2, 0.25) is 5.02 Å². The van der Waals surface area contributed by atoms with Crippen molar-refractivity contribution in [2.45, 2.75) is 13.8 Å². The minimum Gasteiger partial charge on any atom is -0.490 e. The summed E-state index contributed by atoms with van der Waals surface area (Å²) in [6.07, 6.45) is 1.67. The number of hydrogen-bond donors (Lipinski definition) is 2. The third kappa shape index (κ3) is 4.94. The Labute approximate surface area is 213 Å². The maximum absolute atomic E-state index is 12.4. The number of carbonyl (C=O) groups excluding carboxylic acids is 1. The predicted molar refractivity (Wildman–Crippen MR) is 139 cm³/mol. The summed E-state index contributed by atoms with van der Waals surface area (Å²) < 4.78 is 23.7. The van der Waals surface area contributed by atoms with Crippen LogP contribution >= 0.6 is 11.6 Å². The van der Waals surface area contributed by atoms with Gasteiger partial charge in [0.25, 0.3) is 0 Å². The molecule has 0 saturated carbocycles. The normalized spacial score (nSPS) is 12.2. The Balaban J connectivity index is 1.34. The molecule has 1 aliphatic heterocycles. The SMILES string of the molecule is CCOc1cc2nccc(Oc3ccc(NC(=O)Nc4ccc(Cl)c(C)c4)cc3)c2c2c1OCCO2. The van der Waals surface area contributed by atoms with Gasteiger partial charge in [-0.05, 0) is 67.9 Å². The molecular formula is C27H24ClN3O5. The van der Waals surface area contributed by atoms with Crippen molar-refractivity contribution in [2.24, 2.45) is 0 Å². The molecule has 9 heteroatoms. The molecular weight excluding hydrogens is 482 g/mol. The van der Waals surface area contributed by atoms with Crippen LogP contribution in [-0.2, 0) is 0 Å². The van der Waals surface area contributed by atoms with Gasteiger partial charge in [0, 0.05) is 28.7 Å². The number of halogens is 1. The summed E-state index contributed by atoms with van der Waals surface area (Å²) in [5, 5.41) is 6.95. The number of pyridine rings is 1. The third-order valence-corrected chi connectivity index (χ3v) is 5.92. The summed E-state index contributed by atoms with van der Waals surface area (Å²) in [6, 6.07) is 15.6. The van der Waals surface area contributed by atoms with Crippen molar-refractivity contribution in [1.29, 1.82) is 0 Å². The largest absolute Gasteiger partial charge is 0.490 e. The van der Waals surface area contributed by atoms with Crippen LogP contribution in [0.5, 0.6) is 28.7 Å². The summed E-state index contributed by atoms with van der Waals surface area (Å²) in [4.78, 5) is 16.9. The zero-order chi connectivity index (χ0) is 25.1. The monoisotopic (exact) mass is 505 g/mol. The average Bonchev–Trinajstić information content (AvgIpc) is 2.88. The molecule has 0 spiro atoms. The Morgan fingerprint density at radius 1 is 0.972 bits per heavy atom. The first-order valence-electron chi connectivity index (χ1n) is 11.5. The summed E-state index contributed by atoms with van der Waals surface area (Å²) in [7, 11) is 0. The average molecular weight is 506 g/mol. The molecule has 1 aromatic heterocycles. The maximum Gasteiger partial charge on any atom is 0.323 e. The maximum atomic E-state index is 12.4. The van der Waals surface area contributed by atoms with Crippen LogP contribution in [0, 0.1) is 6.92 Å². The number of rotatable bonds is 6. The second-order valence-electron chi connectivity index (χ2n) is 8.04. The molecule has 3 aromatic carbocycles. The number of urea groups is 1. The zero-order valence-corrected chi connectivity index (χ0v) is 20.5. The first kappa shape index (κ1) is 23.6. The van der Waals surface area contributed by atoms with E-state index < -0.39 is 0 Å². The molecule has 1 aliphatic rings. The molecule has 184 valence electrons. The number of amides is 2. The van der Waals surface area contributed by atoms with Crippen molar-refractivity contribution in [3.05, 3.63) is 71.4 Å². The van der Waals surface area contributed by atoms with Gasteiger partial charge in [-0.2, -0.15) is 0 Å². The molecule has 2 heterocycles. The number of anilines is 2. The highest BCUT2D eigenvalue weighted by atomic mass is 35.5. The van der Waals surface area contributed by atoms with E-state index in [1.165, 1.54) is 0 Å². The highest BCUT2D eigenvalue weighted by molar-refractivity contribution is 6.31. The summed E-state index contributed by atoms with van der Waals surface area (Å²) >= 11 is 6.04. The molecule has 36 heavy (non-hydrogen) atoms. The Kier molecular flexibility index (Phi) is 6.69. The number of nitrogens with zero attached hydrogens (tertiary/aromatic N) is 1. The fourth-order valence-corrected chi connectivity index (χ4v) is 3.99. The van der Waals surface area contributed by atoms with E-state index in [0.717, 1.165) is 5.56 Å². The van der Waals surface area contributed by atoms with Gasteiger partial charge >= 0.3 is 6.03 Å². The topological polar surface area (TPSA) is 90.9 Å². The number of carbonyl (C=O) groups is 1. The Morgan fingerprint density at radius 2 is 1.69 bits per heavy atom. The number of aromatic nitrogens is 1. The fraction of sp³-hybridized carbons (Fsp3) is 0.185. The first-order chi connectivity index (χ1) is 17.5. The van der Waals surface area contributed by atoms with Gasteiger partial charge in [0.2, 0.25) is 5.75 Å². The van der Waals surface area contributed by atoms with E-state index in [1.807, 2.05) is 26.0 Å². The Bertz CT molecular complexity index is 1430. The lowest BCUT2D eigenvalue weighted by atomic mass is 10.1. The van der Waals surface area contributed by atoms with Gasteiger partial charge in [-0.1, -0.05) is 11.6 Å². The van der Waals surface area contributed by atoms with Crippen molar-refractivity contribution in [1.82, 2.24) is 4.98 Å². The minimum absolute atomic E-state index is 0.362. The fourth-order valence-electron chi connectivity index (χ4n) is 3.87. The molecule has 2 amide bonds. The third-order valence-electron chi connectivity index (χ3n) is 5.50. The molecule has 0 unspecified atom stereocenters. The Morgan fingerprint density at radius 3 is 2.44 bits per heavy atom. The lowest BCUT2D eigenvalue weighted by molar-refractivity contribution is 0.165. The highest BCUT2D eigenvalue weighted by Gasteiger charge is 2.24. The Hall–Kier alpha value is -4.17. The lowest BCUT2D eigenvalue weighted by Gasteiger charge is -2.23. The van der Waals surface area contributed by atoms with Gasteiger partial charge in [0.15, 0.2) is 11.5 Å². The number of hydrogen-bond acceptors (Lipinski definition) is 6. The van der Waals surface area contributed by atoms with E-state index in [9.17, 15) is 4.79 Å². The summed E-state index contributed by atoms with van der Waals surface area (Å²) in [5.74, 6) is 2.85. The van der Waals surface area contributed by atoms with Crippen LogP contribution in [-0.4, -0.2) is 30.8 Å². The number of fused-ring (bicyclic) bond motifs is 3. The van der Waals surface area contributed by atoms with Crippen LogP contribution in [0.3, 0.4) is 0 Å². The molecule has 4 aromatic rings. The van der Waals surface area contributed by atoms with Crippen molar-refractivity contribution in [3.63, 3.8) is 0 Å². The van der Waals surface area contributed by atoms with Gasteiger partial charge in [0.1, 0.15) is 24.7 Å². The molecule has 0 bridgehead atoms. The van der Waals surface area contributed by atoms with Gasteiger partial charge in [-0.3, -0.25) is 4.98 Å². The van der Waals surface area contributed by atoms with Crippen LogP contribution in [0.15, 0.2) is 60.8 Å². The molecule has 8 nitrogen and oxygen atoms in total. The van der Waals surface area contributed by atoms with E-state index in [1.54, 1.807) is 48.7 Å². The standard InChI is InChI=1S/C27H24ClN3O5/c1-3-33-23-15-21-24(26-25(23)34-12-13-35-26)22(10-11-29-21)36-19-7-4-17(5-8-19)30-27(32)31-18-6-9-20(28)16(2)14-18/h4-11,14-15H,3,12-13H2,1-2H3,(H2,30,31,32). The number of benzene rings is 3. The smallest absolute Gasteiger partial charge is 0.323 e. The van der Waals surface area contributed by atoms with Crippen molar-refractivity contribution >= 4 is 39.9 Å².